The van der Waals surface area contributed by atoms with E-state index in [0.29, 0.717) is 24.7 Å². The van der Waals surface area contributed by atoms with Gasteiger partial charge in [-0.05, 0) is 35.7 Å². The maximum absolute atomic E-state index is 12.3. The van der Waals surface area contributed by atoms with Crippen LogP contribution in [0.25, 0.3) is 5.65 Å². The van der Waals surface area contributed by atoms with E-state index in [1.165, 1.54) is 16.2 Å². The second kappa shape index (κ2) is 7.82. The number of ether oxygens (including phenoxy) is 1. The number of rotatable bonds is 6. The van der Waals surface area contributed by atoms with Crippen LogP contribution in [0.3, 0.4) is 0 Å². The van der Waals surface area contributed by atoms with E-state index in [9.17, 15) is 9.59 Å². The van der Waals surface area contributed by atoms with E-state index in [1.807, 2.05) is 24.3 Å². The molecule has 134 valence electrons. The lowest BCUT2D eigenvalue weighted by molar-refractivity contribution is 0.0945. The van der Waals surface area contributed by atoms with Crippen molar-refractivity contribution in [2.75, 3.05) is 13.2 Å². The van der Waals surface area contributed by atoms with Crippen LogP contribution in [0.4, 0.5) is 0 Å². The third-order valence-corrected chi connectivity index (χ3v) is 4.06. The number of hydrogen-bond donors (Lipinski definition) is 1. The first-order valence-electron chi connectivity index (χ1n) is 8.53. The smallest absolute Gasteiger partial charge is 0.270 e. The van der Waals surface area contributed by atoms with Gasteiger partial charge in [0.1, 0.15) is 23.6 Å². The van der Waals surface area contributed by atoms with Crippen molar-refractivity contribution in [1.82, 2.24) is 14.7 Å². The quantitative estimate of drug-likeness (QED) is 0.693. The van der Waals surface area contributed by atoms with Crippen LogP contribution in [0.2, 0.25) is 0 Å². The normalized spacial score (nSPS) is 10.9. The molecule has 0 radical (unpaired) electrons. The predicted molar refractivity (Wildman–Crippen MR) is 99.8 cm³/mol. The summed E-state index contributed by atoms with van der Waals surface area (Å²) in [6, 6.07) is 13.1. The molecule has 0 spiro atoms. The summed E-state index contributed by atoms with van der Waals surface area (Å²) in [7, 11) is 0. The number of nitrogens with one attached hydrogen (secondary N) is 1. The maximum atomic E-state index is 12.3. The van der Waals surface area contributed by atoms with Gasteiger partial charge in [-0.15, -0.1) is 0 Å². The molecule has 0 aliphatic rings. The van der Waals surface area contributed by atoms with Gasteiger partial charge >= 0.3 is 0 Å². The van der Waals surface area contributed by atoms with Gasteiger partial charge < -0.3 is 10.1 Å². The van der Waals surface area contributed by atoms with Gasteiger partial charge in [-0.25, -0.2) is 4.98 Å². The van der Waals surface area contributed by atoms with Gasteiger partial charge in [-0.2, -0.15) is 0 Å². The molecule has 0 atom stereocenters. The van der Waals surface area contributed by atoms with Crippen molar-refractivity contribution in [2.45, 2.75) is 19.8 Å². The minimum absolute atomic E-state index is 0.00925. The minimum Gasteiger partial charge on any atom is -0.492 e. The molecule has 6 nitrogen and oxygen atoms in total. The Labute approximate surface area is 151 Å². The van der Waals surface area contributed by atoms with Gasteiger partial charge in [0, 0.05) is 12.4 Å². The SMILES string of the molecule is CC(C)c1ccc(OCCNC(=O)c2cnc3ccccn3c2=O)cc1. The largest absolute Gasteiger partial charge is 0.492 e. The fraction of sp³-hybridized carbons (Fsp3) is 0.250. The van der Waals surface area contributed by atoms with E-state index in [4.69, 9.17) is 4.74 Å². The standard InChI is InChI=1S/C20H21N3O3/c1-14(2)15-6-8-16(9-7-15)26-12-10-21-19(24)17-13-22-18-5-3-4-11-23(18)20(17)25/h3-9,11,13-14H,10,12H2,1-2H3,(H,21,24). The topological polar surface area (TPSA) is 72.7 Å². The molecular weight excluding hydrogens is 330 g/mol. The molecule has 3 aromatic rings. The van der Waals surface area contributed by atoms with E-state index in [1.54, 1.807) is 24.4 Å². The molecule has 1 N–H and O–H groups in total. The second-order valence-corrected chi connectivity index (χ2v) is 6.23. The number of nitrogens with zero attached hydrogens (tertiary/aromatic N) is 2. The fourth-order valence-corrected chi connectivity index (χ4v) is 2.56. The number of carbonyl (C=O) groups excluding carboxylic acids is 1. The average molecular weight is 351 g/mol. The van der Waals surface area contributed by atoms with Crippen LogP contribution in [0, 0.1) is 0 Å². The van der Waals surface area contributed by atoms with Crippen molar-refractivity contribution in [3.8, 4) is 5.75 Å². The van der Waals surface area contributed by atoms with Crippen molar-refractivity contribution >= 4 is 11.6 Å². The zero-order valence-electron chi connectivity index (χ0n) is 14.8. The summed E-state index contributed by atoms with van der Waals surface area (Å²) in [6.45, 7) is 4.88. The number of hydrogen-bond acceptors (Lipinski definition) is 4. The van der Waals surface area contributed by atoms with Crippen LogP contribution in [-0.2, 0) is 0 Å². The van der Waals surface area contributed by atoms with Crippen LogP contribution in [0.5, 0.6) is 5.75 Å². The Balaban J connectivity index is 1.56. The molecule has 3 rings (SSSR count). The average Bonchev–Trinajstić information content (AvgIpc) is 2.66. The van der Waals surface area contributed by atoms with Crippen LogP contribution in [0.15, 0.2) is 59.7 Å². The van der Waals surface area contributed by atoms with E-state index < -0.39 is 11.5 Å². The minimum atomic E-state index is -0.459. The fourth-order valence-electron chi connectivity index (χ4n) is 2.56. The molecule has 2 heterocycles. The molecular formula is C20H21N3O3. The van der Waals surface area contributed by atoms with Gasteiger partial charge in [0.25, 0.3) is 11.5 Å². The summed E-state index contributed by atoms with van der Waals surface area (Å²) in [5.41, 5.74) is 1.37. The van der Waals surface area contributed by atoms with E-state index in [0.717, 1.165) is 5.75 Å². The molecule has 0 saturated carbocycles. The Morgan fingerprint density at radius 3 is 2.69 bits per heavy atom. The van der Waals surface area contributed by atoms with Crippen LogP contribution >= 0.6 is 0 Å². The third-order valence-electron chi connectivity index (χ3n) is 4.06. The number of fused-ring (bicyclic) bond motifs is 1. The highest BCUT2D eigenvalue weighted by Crippen LogP contribution is 2.18. The van der Waals surface area contributed by atoms with Crippen LogP contribution in [-0.4, -0.2) is 28.4 Å². The van der Waals surface area contributed by atoms with Crippen molar-refractivity contribution in [2.24, 2.45) is 0 Å². The van der Waals surface area contributed by atoms with Crippen molar-refractivity contribution in [1.29, 1.82) is 0 Å². The van der Waals surface area contributed by atoms with Gasteiger partial charge in [0.15, 0.2) is 0 Å². The first-order valence-corrected chi connectivity index (χ1v) is 8.53. The second-order valence-electron chi connectivity index (χ2n) is 6.23. The number of pyridine rings is 1. The summed E-state index contributed by atoms with van der Waals surface area (Å²) in [5, 5.41) is 2.69. The summed E-state index contributed by atoms with van der Waals surface area (Å²) < 4.78 is 6.96. The Morgan fingerprint density at radius 2 is 1.96 bits per heavy atom. The number of carbonyl (C=O) groups is 1. The monoisotopic (exact) mass is 351 g/mol. The van der Waals surface area contributed by atoms with Gasteiger partial charge in [-0.1, -0.05) is 32.0 Å². The van der Waals surface area contributed by atoms with Crippen molar-refractivity contribution in [3.05, 3.63) is 76.3 Å². The van der Waals surface area contributed by atoms with Crippen LogP contribution in [0.1, 0.15) is 35.7 Å². The molecule has 1 aromatic carbocycles. The lowest BCUT2D eigenvalue weighted by Crippen LogP contribution is -2.33. The molecule has 0 bridgehead atoms. The molecule has 0 saturated heterocycles. The molecule has 0 fully saturated rings. The molecule has 0 aliphatic carbocycles. The Kier molecular flexibility index (Phi) is 5.31. The molecule has 2 aromatic heterocycles. The first-order chi connectivity index (χ1) is 12.6. The van der Waals surface area contributed by atoms with Gasteiger partial charge in [-0.3, -0.25) is 14.0 Å². The Hall–Kier alpha value is -3.15. The Bertz CT molecular complexity index is 962. The number of aromatic nitrogens is 2. The first kappa shape index (κ1) is 17.7. The number of benzene rings is 1. The zero-order valence-corrected chi connectivity index (χ0v) is 14.8. The summed E-state index contributed by atoms with van der Waals surface area (Å²) in [4.78, 5) is 28.7. The highest BCUT2D eigenvalue weighted by atomic mass is 16.5. The van der Waals surface area contributed by atoms with Crippen molar-refractivity contribution in [3.63, 3.8) is 0 Å². The molecule has 6 heteroatoms. The lowest BCUT2D eigenvalue weighted by Gasteiger charge is -2.10. The summed E-state index contributed by atoms with van der Waals surface area (Å²) in [5.74, 6) is 0.758. The van der Waals surface area contributed by atoms with Gasteiger partial charge in [0.2, 0.25) is 0 Å². The predicted octanol–water partition coefficient (Wildman–Crippen LogP) is 2.63. The summed E-state index contributed by atoms with van der Waals surface area (Å²) in [6.07, 6.45) is 2.89. The molecule has 26 heavy (non-hydrogen) atoms. The highest BCUT2D eigenvalue weighted by Gasteiger charge is 2.12. The third kappa shape index (κ3) is 3.91. The number of amides is 1. The lowest BCUT2D eigenvalue weighted by atomic mass is 10.0. The maximum Gasteiger partial charge on any atom is 0.270 e. The Morgan fingerprint density at radius 1 is 1.19 bits per heavy atom. The van der Waals surface area contributed by atoms with E-state index in [-0.39, 0.29) is 5.56 Å². The molecule has 0 unspecified atom stereocenters. The zero-order chi connectivity index (χ0) is 18.5. The van der Waals surface area contributed by atoms with E-state index >= 15 is 0 Å². The molecule has 1 amide bonds. The van der Waals surface area contributed by atoms with Crippen molar-refractivity contribution < 1.29 is 9.53 Å². The molecule has 0 aliphatic heterocycles. The highest BCUT2D eigenvalue weighted by molar-refractivity contribution is 5.93. The summed E-state index contributed by atoms with van der Waals surface area (Å²) >= 11 is 0. The van der Waals surface area contributed by atoms with Gasteiger partial charge in [0.05, 0.1) is 6.54 Å². The van der Waals surface area contributed by atoms with E-state index in [2.05, 4.69) is 24.1 Å². The van der Waals surface area contributed by atoms with Crippen LogP contribution < -0.4 is 15.6 Å².